The number of rotatable bonds is 6. The van der Waals surface area contributed by atoms with E-state index in [4.69, 9.17) is 17.2 Å². The largest absolute Gasteiger partial charge is 0.366 e. The topological polar surface area (TPSA) is 61.2 Å². The molecule has 2 saturated heterocycles. The molecule has 2 fully saturated rings. The molecule has 37 heavy (non-hydrogen) atoms. The summed E-state index contributed by atoms with van der Waals surface area (Å²) in [4.78, 5) is 37.7. The molecule has 0 N–H and O–H groups in total. The number of piperazine rings is 1. The zero-order valence-corrected chi connectivity index (χ0v) is 22.4. The number of anilines is 2. The maximum Gasteiger partial charge on any atom is 0.267 e. The van der Waals surface area contributed by atoms with E-state index in [1.54, 1.807) is 41.4 Å². The van der Waals surface area contributed by atoms with E-state index in [9.17, 15) is 14.0 Å². The minimum atomic E-state index is -0.252. The fraction of sp³-hybridized carbons (Fsp3) is 0.333. The van der Waals surface area contributed by atoms with Gasteiger partial charge in [-0.1, -0.05) is 56.0 Å². The first-order valence-corrected chi connectivity index (χ1v) is 13.6. The molecule has 0 atom stereocenters. The second-order valence-corrected chi connectivity index (χ2v) is 11.2. The zero-order valence-electron chi connectivity index (χ0n) is 20.8. The van der Waals surface area contributed by atoms with Crippen molar-refractivity contribution in [3.05, 3.63) is 75.3 Å². The summed E-state index contributed by atoms with van der Waals surface area (Å²) in [5.74, 6) is 0.538. The highest BCUT2D eigenvalue weighted by Gasteiger charge is 2.33. The number of para-hydroxylation sites is 1. The Morgan fingerprint density at radius 3 is 2.49 bits per heavy atom. The third-order valence-corrected chi connectivity index (χ3v) is 7.98. The molecule has 0 spiro atoms. The molecule has 10 heteroatoms. The van der Waals surface area contributed by atoms with E-state index in [0.717, 1.165) is 6.42 Å². The number of hydrogen-bond acceptors (Lipinski definition) is 7. The lowest BCUT2D eigenvalue weighted by Gasteiger charge is -2.37. The number of nitrogens with zero attached hydrogens (tertiary/aromatic N) is 5. The predicted octanol–water partition coefficient (Wildman–Crippen LogP) is 4.41. The molecule has 1 amide bonds. The van der Waals surface area contributed by atoms with Crippen molar-refractivity contribution < 1.29 is 9.18 Å². The number of thiocarbonyl (C=S) groups is 1. The summed E-state index contributed by atoms with van der Waals surface area (Å²) in [6.07, 6.45) is 4.16. The van der Waals surface area contributed by atoms with Gasteiger partial charge in [0.05, 0.1) is 16.2 Å². The van der Waals surface area contributed by atoms with Crippen molar-refractivity contribution in [2.75, 3.05) is 42.5 Å². The van der Waals surface area contributed by atoms with Gasteiger partial charge in [0.25, 0.3) is 11.5 Å². The molecule has 1 aromatic carbocycles. The summed E-state index contributed by atoms with van der Waals surface area (Å²) in [6.45, 7) is 7.03. The summed E-state index contributed by atoms with van der Waals surface area (Å²) in [5, 5.41) is 0. The predicted molar refractivity (Wildman–Crippen MR) is 152 cm³/mol. The summed E-state index contributed by atoms with van der Waals surface area (Å²) in [7, 11) is 0. The van der Waals surface area contributed by atoms with Gasteiger partial charge in [-0.05, 0) is 42.7 Å². The summed E-state index contributed by atoms with van der Waals surface area (Å²) >= 11 is 6.70. The fourth-order valence-electron chi connectivity index (χ4n) is 4.54. The Morgan fingerprint density at radius 2 is 1.76 bits per heavy atom. The van der Waals surface area contributed by atoms with E-state index in [0.29, 0.717) is 70.6 Å². The van der Waals surface area contributed by atoms with Gasteiger partial charge in [0.2, 0.25) is 0 Å². The van der Waals surface area contributed by atoms with Crippen molar-refractivity contribution in [3.63, 3.8) is 0 Å². The smallest absolute Gasteiger partial charge is 0.267 e. The number of thioether (sulfide) groups is 1. The van der Waals surface area contributed by atoms with Crippen LogP contribution in [0.15, 0.2) is 58.4 Å². The number of amides is 1. The maximum atomic E-state index is 14.3. The van der Waals surface area contributed by atoms with Gasteiger partial charge in [-0.3, -0.25) is 18.9 Å². The lowest BCUT2D eigenvalue weighted by atomic mass is 10.1. The van der Waals surface area contributed by atoms with Gasteiger partial charge < -0.3 is 9.80 Å². The molecular weight excluding hydrogens is 509 g/mol. The van der Waals surface area contributed by atoms with Crippen LogP contribution in [-0.2, 0) is 4.79 Å². The van der Waals surface area contributed by atoms with Gasteiger partial charge in [0.1, 0.15) is 21.6 Å². The fourth-order valence-corrected chi connectivity index (χ4v) is 5.83. The first-order chi connectivity index (χ1) is 17.8. The van der Waals surface area contributed by atoms with E-state index in [1.165, 1.54) is 22.2 Å². The van der Waals surface area contributed by atoms with Crippen LogP contribution in [0.25, 0.3) is 11.7 Å². The van der Waals surface area contributed by atoms with Crippen LogP contribution in [-0.4, -0.2) is 57.2 Å². The van der Waals surface area contributed by atoms with Gasteiger partial charge in [0, 0.05) is 38.9 Å². The van der Waals surface area contributed by atoms with Crippen molar-refractivity contribution in [1.82, 2.24) is 14.3 Å². The molecule has 2 aliphatic heterocycles. The second kappa shape index (κ2) is 10.6. The van der Waals surface area contributed by atoms with Gasteiger partial charge in [-0.25, -0.2) is 9.37 Å². The Balaban J connectivity index is 1.49. The summed E-state index contributed by atoms with van der Waals surface area (Å²) in [6, 6.07) is 12.1. The normalized spacial score (nSPS) is 17.6. The molecule has 4 heterocycles. The molecule has 0 radical (unpaired) electrons. The van der Waals surface area contributed by atoms with E-state index >= 15 is 0 Å². The summed E-state index contributed by atoms with van der Waals surface area (Å²) in [5.41, 5.74) is 1.21. The van der Waals surface area contributed by atoms with Gasteiger partial charge in [-0.2, -0.15) is 0 Å². The number of carbonyl (C=O) groups excluding carboxylic acids is 1. The van der Waals surface area contributed by atoms with Crippen molar-refractivity contribution in [2.24, 2.45) is 5.92 Å². The van der Waals surface area contributed by atoms with Crippen molar-refractivity contribution >= 4 is 57.4 Å². The second-order valence-electron chi connectivity index (χ2n) is 9.52. The van der Waals surface area contributed by atoms with Crippen molar-refractivity contribution in [1.29, 1.82) is 0 Å². The zero-order chi connectivity index (χ0) is 26.1. The van der Waals surface area contributed by atoms with E-state index < -0.39 is 0 Å². The maximum absolute atomic E-state index is 14.3. The molecule has 3 aromatic rings. The lowest BCUT2D eigenvalue weighted by Crippen LogP contribution is -2.47. The minimum Gasteiger partial charge on any atom is -0.366 e. The van der Waals surface area contributed by atoms with Gasteiger partial charge in [-0.15, -0.1) is 0 Å². The van der Waals surface area contributed by atoms with Crippen molar-refractivity contribution in [3.8, 4) is 0 Å². The molecule has 2 aromatic heterocycles. The Hall–Kier alpha value is -3.24. The van der Waals surface area contributed by atoms with Crippen LogP contribution in [0, 0.1) is 11.7 Å². The molecule has 5 rings (SSSR count). The molecule has 7 nitrogen and oxygen atoms in total. The number of hydrogen-bond donors (Lipinski definition) is 0. The SMILES string of the molecule is CC(C)CCN1C(=O)C(=Cc2c(N3CCN(c4ccccc4F)CC3)nc3ccccn3c2=O)SC1=S. The molecule has 2 aliphatic rings. The number of aromatic nitrogens is 2. The van der Waals surface area contributed by atoms with Crippen LogP contribution < -0.4 is 15.4 Å². The van der Waals surface area contributed by atoms with Gasteiger partial charge >= 0.3 is 0 Å². The van der Waals surface area contributed by atoms with Crippen LogP contribution in [0.5, 0.6) is 0 Å². The molecule has 0 saturated carbocycles. The number of pyridine rings is 1. The quantitative estimate of drug-likeness (QED) is 0.341. The average molecular weight is 538 g/mol. The first kappa shape index (κ1) is 25.4. The Kier molecular flexibility index (Phi) is 7.30. The standard InChI is InChI=1S/C27H28FN5O2S2/c1-18(2)10-12-33-26(35)22(37-27(33)36)17-19-24(29-23-9-5-6-11-32(23)25(19)34)31-15-13-30(14-16-31)21-8-4-3-7-20(21)28/h3-9,11,17-18H,10,12-16H2,1-2H3. The van der Waals surface area contributed by atoms with Crippen LogP contribution in [0.2, 0.25) is 0 Å². The number of carbonyl (C=O) groups is 1. The third-order valence-electron chi connectivity index (χ3n) is 6.60. The molecule has 0 aliphatic carbocycles. The van der Waals surface area contributed by atoms with Crippen LogP contribution >= 0.6 is 24.0 Å². The highest BCUT2D eigenvalue weighted by atomic mass is 32.2. The number of benzene rings is 1. The molecule has 192 valence electrons. The van der Waals surface area contributed by atoms with Gasteiger partial charge in [0.15, 0.2) is 0 Å². The number of halogens is 1. The van der Waals surface area contributed by atoms with Crippen LogP contribution in [0.1, 0.15) is 25.8 Å². The molecule has 0 bridgehead atoms. The Morgan fingerprint density at radius 1 is 1.05 bits per heavy atom. The summed E-state index contributed by atoms with van der Waals surface area (Å²) < 4.78 is 16.3. The minimum absolute atomic E-state index is 0.177. The average Bonchev–Trinajstić information content (AvgIpc) is 3.16. The van der Waals surface area contributed by atoms with E-state index in [2.05, 4.69) is 13.8 Å². The highest BCUT2D eigenvalue weighted by Crippen LogP contribution is 2.34. The third kappa shape index (κ3) is 5.13. The van der Waals surface area contributed by atoms with E-state index in [-0.39, 0.29) is 17.3 Å². The van der Waals surface area contributed by atoms with Crippen LogP contribution in [0.4, 0.5) is 15.9 Å². The first-order valence-electron chi connectivity index (χ1n) is 12.3. The monoisotopic (exact) mass is 537 g/mol. The molecular formula is C27H28FN5O2S2. The highest BCUT2D eigenvalue weighted by molar-refractivity contribution is 8.26. The number of fused-ring (bicyclic) bond motifs is 1. The molecule has 0 unspecified atom stereocenters. The van der Waals surface area contributed by atoms with Crippen molar-refractivity contribution in [2.45, 2.75) is 20.3 Å². The van der Waals surface area contributed by atoms with Crippen LogP contribution in [0.3, 0.4) is 0 Å². The van der Waals surface area contributed by atoms with E-state index in [1.807, 2.05) is 21.9 Å². The Bertz CT molecular complexity index is 1450. The Labute approximate surface area is 224 Å². The lowest BCUT2D eigenvalue weighted by molar-refractivity contribution is -0.122.